The van der Waals surface area contributed by atoms with Crippen molar-refractivity contribution in [3.8, 4) is 0 Å². The molecule has 20 heavy (non-hydrogen) atoms. The van der Waals surface area contributed by atoms with Crippen molar-refractivity contribution in [1.82, 2.24) is 10.4 Å². The van der Waals surface area contributed by atoms with Gasteiger partial charge in [0.15, 0.2) is 0 Å². The van der Waals surface area contributed by atoms with E-state index in [-0.39, 0.29) is 6.04 Å². The summed E-state index contributed by atoms with van der Waals surface area (Å²) >= 11 is 0. The van der Waals surface area contributed by atoms with E-state index in [1.807, 2.05) is 38.1 Å². The van der Waals surface area contributed by atoms with Gasteiger partial charge in [0, 0.05) is 11.1 Å². The molecule has 1 atom stereocenters. The minimum Gasteiger partial charge on any atom is -0.467 e. The Kier molecular flexibility index (Phi) is 3.26. The molecule has 3 N–H and O–H groups in total. The van der Waals surface area contributed by atoms with Gasteiger partial charge in [0.25, 0.3) is 0 Å². The molecule has 0 radical (unpaired) electrons. The summed E-state index contributed by atoms with van der Waals surface area (Å²) in [6.07, 6.45) is 1.68. The molecule has 4 heteroatoms. The molecule has 3 aromatic rings. The van der Waals surface area contributed by atoms with Crippen molar-refractivity contribution in [2.75, 3.05) is 0 Å². The highest BCUT2D eigenvalue weighted by atomic mass is 16.3. The Morgan fingerprint density at radius 3 is 2.70 bits per heavy atom. The number of fused-ring (bicyclic) bond motifs is 1. The summed E-state index contributed by atoms with van der Waals surface area (Å²) in [5.41, 5.74) is 6.96. The zero-order valence-corrected chi connectivity index (χ0v) is 11.6. The van der Waals surface area contributed by atoms with E-state index >= 15 is 0 Å². The molecule has 3 rings (SSSR count). The fourth-order valence-corrected chi connectivity index (χ4v) is 2.43. The highest BCUT2D eigenvalue weighted by molar-refractivity contribution is 5.79. The van der Waals surface area contributed by atoms with Crippen LogP contribution in [0.4, 0.5) is 0 Å². The van der Waals surface area contributed by atoms with Gasteiger partial charge in [-0.3, -0.25) is 10.8 Å². The van der Waals surface area contributed by atoms with Gasteiger partial charge in [0.1, 0.15) is 11.8 Å². The van der Waals surface area contributed by atoms with Crippen LogP contribution >= 0.6 is 0 Å². The van der Waals surface area contributed by atoms with E-state index in [0.29, 0.717) is 0 Å². The molecular formula is C16H17N3O. The van der Waals surface area contributed by atoms with Gasteiger partial charge in [-0.25, -0.2) is 5.43 Å². The smallest absolute Gasteiger partial charge is 0.129 e. The number of benzene rings is 1. The van der Waals surface area contributed by atoms with Crippen molar-refractivity contribution in [2.24, 2.45) is 5.84 Å². The largest absolute Gasteiger partial charge is 0.467 e. The molecule has 102 valence electrons. The molecule has 0 saturated heterocycles. The predicted molar refractivity (Wildman–Crippen MR) is 79.1 cm³/mol. The van der Waals surface area contributed by atoms with Gasteiger partial charge >= 0.3 is 0 Å². The van der Waals surface area contributed by atoms with Gasteiger partial charge in [0.2, 0.25) is 0 Å². The lowest BCUT2D eigenvalue weighted by atomic mass is 10.0. The van der Waals surface area contributed by atoms with Crippen LogP contribution in [0, 0.1) is 13.8 Å². The quantitative estimate of drug-likeness (QED) is 0.565. The topological polar surface area (TPSA) is 64.1 Å². The second-order valence-corrected chi connectivity index (χ2v) is 4.97. The summed E-state index contributed by atoms with van der Waals surface area (Å²) in [6.45, 7) is 4.00. The minimum atomic E-state index is -0.157. The summed E-state index contributed by atoms with van der Waals surface area (Å²) in [5, 5.41) is 1.09. The van der Waals surface area contributed by atoms with Crippen molar-refractivity contribution in [3.63, 3.8) is 0 Å². The van der Waals surface area contributed by atoms with Gasteiger partial charge in [-0.05, 0) is 49.2 Å². The fraction of sp³-hybridized carbons (Fsp3) is 0.188. The first-order chi connectivity index (χ1) is 9.69. The number of nitrogens with one attached hydrogen (secondary N) is 1. The van der Waals surface area contributed by atoms with E-state index < -0.39 is 0 Å². The monoisotopic (exact) mass is 267 g/mol. The van der Waals surface area contributed by atoms with Crippen molar-refractivity contribution in [3.05, 3.63) is 65.2 Å². The Hall–Kier alpha value is -2.17. The van der Waals surface area contributed by atoms with E-state index in [9.17, 15) is 0 Å². The first-order valence-corrected chi connectivity index (χ1v) is 6.56. The molecule has 2 aromatic heterocycles. The van der Waals surface area contributed by atoms with Crippen LogP contribution in [0.3, 0.4) is 0 Å². The molecule has 0 aliphatic carbocycles. The number of aromatic nitrogens is 1. The molecule has 4 nitrogen and oxygen atoms in total. The predicted octanol–water partition coefficient (Wildman–Crippen LogP) is 3.00. The van der Waals surface area contributed by atoms with E-state index in [2.05, 4.69) is 22.5 Å². The van der Waals surface area contributed by atoms with Crippen molar-refractivity contribution in [2.45, 2.75) is 19.9 Å². The molecule has 2 heterocycles. The number of hydrazine groups is 1. The lowest BCUT2D eigenvalue weighted by molar-refractivity contribution is 0.449. The van der Waals surface area contributed by atoms with Crippen molar-refractivity contribution >= 4 is 10.9 Å². The zero-order valence-electron chi connectivity index (χ0n) is 11.6. The fourth-order valence-electron chi connectivity index (χ4n) is 2.43. The van der Waals surface area contributed by atoms with Gasteiger partial charge in [0.05, 0.1) is 11.8 Å². The van der Waals surface area contributed by atoms with Crippen LogP contribution in [0.5, 0.6) is 0 Å². The third kappa shape index (κ3) is 2.19. The molecule has 0 bridgehead atoms. The molecule has 0 aliphatic rings. The second-order valence-electron chi connectivity index (χ2n) is 4.97. The zero-order chi connectivity index (χ0) is 14.1. The normalized spacial score (nSPS) is 12.8. The van der Waals surface area contributed by atoms with E-state index in [1.165, 1.54) is 0 Å². The Balaban J connectivity index is 2.08. The van der Waals surface area contributed by atoms with Crippen LogP contribution in [0.2, 0.25) is 0 Å². The van der Waals surface area contributed by atoms with Crippen LogP contribution < -0.4 is 11.3 Å². The number of furan rings is 1. The van der Waals surface area contributed by atoms with Crippen LogP contribution in [0.1, 0.15) is 28.6 Å². The van der Waals surface area contributed by atoms with Crippen LogP contribution in [0.15, 0.2) is 47.1 Å². The first-order valence-electron chi connectivity index (χ1n) is 6.56. The van der Waals surface area contributed by atoms with Gasteiger partial charge in [-0.2, -0.15) is 0 Å². The van der Waals surface area contributed by atoms with Crippen LogP contribution in [-0.2, 0) is 0 Å². The number of hydrogen-bond donors (Lipinski definition) is 2. The summed E-state index contributed by atoms with van der Waals surface area (Å²) in [6, 6.07) is 12.0. The van der Waals surface area contributed by atoms with Crippen LogP contribution in [-0.4, -0.2) is 4.98 Å². The standard InChI is InChI=1S/C16H17N3O/c1-10-7-8-20-16(10)15(19-17)13-5-6-14-12(9-13)4-3-11(2)18-14/h3-9,15,19H,17H2,1-2H3. The Labute approximate surface area is 117 Å². The molecule has 0 spiro atoms. The lowest BCUT2D eigenvalue weighted by Crippen LogP contribution is -2.29. The molecule has 0 amide bonds. The van der Waals surface area contributed by atoms with Crippen molar-refractivity contribution < 1.29 is 4.42 Å². The molecule has 1 aromatic carbocycles. The Morgan fingerprint density at radius 2 is 2.00 bits per heavy atom. The second kappa shape index (κ2) is 5.07. The summed E-state index contributed by atoms with van der Waals surface area (Å²) in [5.74, 6) is 6.55. The molecule has 0 fully saturated rings. The maximum Gasteiger partial charge on any atom is 0.129 e. The maximum absolute atomic E-state index is 5.71. The maximum atomic E-state index is 5.71. The highest BCUT2D eigenvalue weighted by Crippen LogP contribution is 2.27. The summed E-state index contributed by atoms with van der Waals surface area (Å²) in [4.78, 5) is 4.51. The lowest BCUT2D eigenvalue weighted by Gasteiger charge is -2.15. The molecule has 0 saturated carbocycles. The number of rotatable bonds is 3. The third-order valence-corrected chi connectivity index (χ3v) is 3.52. The molecular weight excluding hydrogens is 250 g/mol. The summed E-state index contributed by atoms with van der Waals surface area (Å²) in [7, 11) is 0. The SMILES string of the molecule is Cc1ccc2cc(C(NN)c3occc3C)ccc2n1. The average Bonchev–Trinajstić information content (AvgIpc) is 2.86. The third-order valence-electron chi connectivity index (χ3n) is 3.52. The highest BCUT2D eigenvalue weighted by Gasteiger charge is 2.18. The average molecular weight is 267 g/mol. The number of nitrogens with zero attached hydrogens (tertiary/aromatic N) is 1. The summed E-state index contributed by atoms with van der Waals surface area (Å²) < 4.78 is 5.54. The number of hydrogen-bond acceptors (Lipinski definition) is 4. The Morgan fingerprint density at radius 1 is 1.15 bits per heavy atom. The van der Waals surface area contributed by atoms with Crippen LogP contribution in [0.25, 0.3) is 10.9 Å². The Bertz CT molecular complexity index is 748. The molecule has 1 unspecified atom stereocenters. The van der Waals surface area contributed by atoms with Gasteiger partial charge in [-0.15, -0.1) is 0 Å². The van der Waals surface area contributed by atoms with Gasteiger partial charge in [-0.1, -0.05) is 12.1 Å². The number of pyridine rings is 1. The van der Waals surface area contributed by atoms with Crippen molar-refractivity contribution in [1.29, 1.82) is 0 Å². The van der Waals surface area contributed by atoms with E-state index in [0.717, 1.165) is 33.5 Å². The number of nitrogens with two attached hydrogens (primary N) is 1. The first kappa shape index (κ1) is 12.8. The number of aryl methyl sites for hydroxylation is 2. The minimum absolute atomic E-state index is 0.157. The van der Waals surface area contributed by atoms with E-state index in [1.54, 1.807) is 6.26 Å². The molecule has 0 aliphatic heterocycles. The van der Waals surface area contributed by atoms with Gasteiger partial charge < -0.3 is 4.42 Å². The van der Waals surface area contributed by atoms with E-state index in [4.69, 9.17) is 10.3 Å².